The lowest BCUT2D eigenvalue weighted by Gasteiger charge is -2.29. The van der Waals surface area contributed by atoms with Gasteiger partial charge < -0.3 is 51.8 Å². The van der Waals surface area contributed by atoms with Crippen LogP contribution in [0.3, 0.4) is 0 Å². The van der Waals surface area contributed by atoms with Crippen molar-refractivity contribution in [2.24, 2.45) is 11.7 Å². The van der Waals surface area contributed by atoms with Gasteiger partial charge in [0.05, 0.1) is 29.6 Å². The van der Waals surface area contributed by atoms with Crippen LogP contribution in [0.5, 0.6) is 5.75 Å². The van der Waals surface area contributed by atoms with Crippen molar-refractivity contribution < 1.29 is 46.6 Å². The minimum atomic E-state index is -4.19. The van der Waals surface area contributed by atoms with E-state index in [-0.39, 0.29) is 63.0 Å². The van der Waals surface area contributed by atoms with Crippen molar-refractivity contribution in [1.29, 1.82) is 5.41 Å². The Kier molecular flexibility index (Phi) is 24.4. The zero-order valence-corrected chi connectivity index (χ0v) is 45.5. The first-order chi connectivity index (χ1) is 33.8. The van der Waals surface area contributed by atoms with Gasteiger partial charge in [-0.05, 0) is 104 Å². The third kappa shape index (κ3) is 19.9. The number of amides is 5. The van der Waals surface area contributed by atoms with Gasteiger partial charge in [0.15, 0.2) is 0 Å². The number of nitrogens with two attached hydrogens (primary N) is 1. The van der Waals surface area contributed by atoms with Crippen molar-refractivity contribution in [3.63, 3.8) is 0 Å². The third-order valence-electron chi connectivity index (χ3n) is 12.5. The van der Waals surface area contributed by atoms with Crippen molar-refractivity contribution in [1.82, 2.24) is 36.6 Å². The number of sulfonamides is 1. The number of fused-ring (bicyclic) bond motifs is 1. The van der Waals surface area contributed by atoms with Crippen LogP contribution >= 0.6 is 0 Å². The maximum absolute atomic E-state index is 14.1. The molecule has 404 valence electrons. The monoisotopic (exact) mass is 1030 g/mol. The molecule has 0 bridgehead atoms. The lowest BCUT2D eigenvalue weighted by atomic mass is 9.94. The fourth-order valence-electron chi connectivity index (χ4n) is 8.21. The summed E-state index contributed by atoms with van der Waals surface area (Å²) >= 11 is 0. The van der Waals surface area contributed by atoms with Crippen LogP contribution < -0.4 is 47.1 Å². The third-order valence-corrected chi connectivity index (χ3v) is 14.1. The minimum absolute atomic E-state index is 0.0509. The van der Waals surface area contributed by atoms with Gasteiger partial charge >= 0.3 is 0 Å². The number of hydrogen-bond donors (Lipinski definition) is 9. The molecule has 0 aliphatic carbocycles. The average molecular weight is 1030 g/mol. The first-order valence-electron chi connectivity index (χ1n) is 25.4. The fourth-order valence-corrected chi connectivity index (χ4v) is 9.74. The minimum Gasteiger partial charge on any atom is -0.487 e. The van der Waals surface area contributed by atoms with Crippen molar-refractivity contribution in [2.75, 3.05) is 39.5 Å². The van der Waals surface area contributed by atoms with Crippen molar-refractivity contribution in [3.05, 3.63) is 58.1 Å². The summed E-state index contributed by atoms with van der Waals surface area (Å²) in [6.07, 6.45) is 7.33. The number of guanidine groups is 1. The highest BCUT2D eigenvalue weighted by molar-refractivity contribution is 7.90. The van der Waals surface area contributed by atoms with Crippen LogP contribution in [0.15, 0.2) is 35.2 Å². The SMILES string of the molecule is CCCCCCCCNC(=O)[C@H](Cc1ccccc1)NC(=O)[C@H](COC(C)(C)C)NC(=O)[C@@H](C)C(C)NC(=O)[C@H](CCCNC(=N)NS(=O)(=O)c1c(C)c(C)c2c(c1C)CC(C)(C)O2)NC(=O)COCCN. The molecule has 10 N–H and O–H groups in total. The number of hydrogen-bond acceptors (Lipinski definition) is 12. The van der Waals surface area contributed by atoms with E-state index in [4.69, 9.17) is 25.4 Å². The summed E-state index contributed by atoms with van der Waals surface area (Å²) < 4.78 is 47.1. The maximum Gasteiger partial charge on any atom is 0.264 e. The van der Waals surface area contributed by atoms with Gasteiger partial charge in [-0.3, -0.25) is 29.4 Å². The summed E-state index contributed by atoms with van der Waals surface area (Å²) in [5.41, 5.74) is 7.79. The van der Waals surface area contributed by atoms with E-state index in [1.54, 1.807) is 27.7 Å². The Morgan fingerprint density at radius 1 is 0.792 bits per heavy atom. The molecule has 0 fully saturated rings. The Bertz CT molecular complexity index is 2250. The molecule has 2 aromatic rings. The lowest BCUT2D eigenvalue weighted by Crippen LogP contribution is -2.58. The van der Waals surface area contributed by atoms with Crippen LogP contribution in [0, 0.1) is 32.1 Å². The molecule has 5 atom stereocenters. The lowest BCUT2D eigenvalue weighted by molar-refractivity contribution is -0.136. The highest BCUT2D eigenvalue weighted by Gasteiger charge is 2.37. The van der Waals surface area contributed by atoms with Gasteiger partial charge in [0, 0.05) is 44.1 Å². The first kappa shape index (κ1) is 61.0. The number of unbranched alkanes of at least 4 members (excludes halogenated alkanes) is 5. The van der Waals surface area contributed by atoms with Crippen LogP contribution in [-0.4, -0.2) is 119 Å². The van der Waals surface area contributed by atoms with Crippen LogP contribution in [0.4, 0.5) is 0 Å². The van der Waals surface area contributed by atoms with Gasteiger partial charge in [0.25, 0.3) is 10.0 Å². The topological polar surface area (TPSA) is 281 Å². The van der Waals surface area contributed by atoms with E-state index >= 15 is 0 Å². The second kappa shape index (κ2) is 28.8. The second-order valence-corrected chi connectivity index (χ2v) is 22.1. The highest BCUT2D eigenvalue weighted by Crippen LogP contribution is 2.43. The average Bonchev–Trinajstić information content (AvgIpc) is 3.64. The van der Waals surface area contributed by atoms with Crippen molar-refractivity contribution >= 4 is 45.5 Å². The summed E-state index contributed by atoms with van der Waals surface area (Å²) in [7, 11) is -4.19. The number of carbonyl (C=O) groups excluding carboxylic acids is 5. The molecule has 5 amide bonds. The summed E-state index contributed by atoms with van der Waals surface area (Å²) in [5.74, 6) is -3.44. The molecule has 2 aromatic carbocycles. The van der Waals surface area contributed by atoms with Gasteiger partial charge in [-0.1, -0.05) is 76.3 Å². The molecule has 0 spiro atoms. The molecule has 3 rings (SSSR count). The second-order valence-electron chi connectivity index (χ2n) is 20.4. The normalized spacial score (nSPS) is 15.1. The predicted octanol–water partition coefficient (Wildman–Crippen LogP) is 4.01. The van der Waals surface area contributed by atoms with Gasteiger partial charge in [0.1, 0.15) is 36.1 Å². The fraction of sp³-hybridized carbons (Fsp3) is 0.654. The van der Waals surface area contributed by atoms with Gasteiger partial charge in [-0.2, -0.15) is 0 Å². The Morgan fingerprint density at radius 3 is 2.07 bits per heavy atom. The molecule has 1 aliphatic heterocycles. The van der Waals surface area contributed by atoms with E-state index in [9.17, 15) is 32.4 Å². The Labute approximate surface area is 428 Å². The summed E-state index contributed by atoms with van der Waals surface area (Å²) in [6.45, 7) is 20.2. The zero-order valence-electron chi connectivity index (χ0n) is 44.7. The molecule has 20 heteroatoms. The summed E-state index contributed by atoms with van der Waals surface area (Å²) in [5, 5.41) is 25.3. The molecule has 72 heavy (non-hydrogen) atoms. The Balaban J connectivity index is 1.69. The maximum atomic E-state index is 14.1. The van der Waals surface area contributed by atoms with E-state index < -0.39 is 80.9 Å². The van der Waals surface area contributed by atoms with Crippen LogP contribution in [0.25, 0.3) is 0 Å². The number of ether oxygens (including phenoxy) is 3. The summed E-state index contributed by atoms with van der Waals surface area (Å²) in [4.78, 5) is 68.4. The number of nitrogens with one attached hydrogen (secondary N) is 8. The standard InChI is InChI=1S/C52H85N9O10S/c1-12-13-14-15-16-20-26-55-47(64)41(29-38-22-18-17-19-23-38)59-49(66)42(31-70-51(7,8)9)60-46(63)35(4)37(6)57-48(65)40(58-43(62)32-69-28-25-53)24-21-27-56-50(54)61-72(67,68)45-34(3)33(2)44-39(36(45)5)30-52(10,11)71-44/h17-19,22-23,35,37,40-42H,12-16,20-21,24-32,53H2,1-11H3,(H,55,64)(H,57,65)(H,58,62)(H,59,66)(H,60,63)(H3,54,56,61)/t35-,37?,40-,41-,42-/m0/s1. The van der Waals surface area contributed by atoms with E-state index in [0.717, 1.165) is 43.2 Å². The molecule has 1 unspecified atom stereocenters. The van der Waals surface area contributed by atoms with Crippen molar-refractivity contribution in [2.45, 2.75) is 181 Å². The smallest absolute Gasteiger partial charge is 0.264 e. The quantitative estimate of drug-likeness (QED) is 0.0305. The molecule has 0 aromatic heterocycles. The molecule has 0 saturated heterocycles. The number of benzene rings is 2. The highest BCUT2D eigenvalue weighted by atomic mass is 32.2. The Morgan fingerprint density at radius 2 is 1.42 bits per heavy atom. The van der Waals surface area contributed by atoms with Gasteiger partial charge in [0.2, 0.25) is 35.5 Å². The molecule has 19 nitrogen and oxygen atoms in total. The van der Waals surface area contributed by atoms with Crippen LogP contribution in [0.2, 0.25) is 0 Å². The van der Waals surface area contributed by atoms with Crippen LogP contribution in [0.1, 0.15) is 135 Å². The number of rotatable bonds is 30. The molecule has 0 radical (unpaired) electrons. The molecular weight excluding hydrogens is 943 g/mol. The predicted molar refractivity (Wildman–Crippen MR) is 279 cm³/mol. The first-order valence-corrected chi connectivity index (χ1v) is 26.9. The zero-order chi connectivity index (χ0) is 53.8. The molecule has 1 aliphatic rings. The van der Waals surface area contributed by atoms with E-state index in [0.29, 0.717) is 35.4 Å². The van der Waals surface area contributed by atoms with E-state index in [1.807, 2.05) is 71.9 Å². The molecule has 0 saturated carbocycles. The van der Waals surface area contributed by atoms with Gasteiger partial charge in [-0.15, -0.1) is 0 Å². The Hall–Kier alpha value is -5.31. The van der Waals surface area contributed by atoms with E-state index in [2.05, 4.69) is 43.5 Å². The van der Waals surface area contributed by atoms with E-state index in [1.165, 1.54) is 6.42 Å². The summed E-state index contributed by atoms with van der Waals surface area (Å²) in [6, 6.07) is 5.22. The molecule has 1 heterocycles. The number of carbonyl (C=O) groups is 5. The van der Waals surface area contributed by atoms with Crippen LogP contribution in [-0.2, 0) is 56.3 Å². The van der Waals surface area contributed by atoms with Crippen molar-refractivity contribution in [3.8, 4) is 5.75 Å². The molecular formula is C52H85N9O10S. The largest absolute Gasteiger partial charge is 0.487 e. The van der Waals surface area contributed by atoms with Gasteiger partial charge in [-0.25, -0.2) is 13.1 Å².